The summed E-state index contributed by atoms with van der Waals surface area (Å²) in [5.74, 6) is 1.06. The number of benzene rings is 1. The minimum Gasteiger partial charge on any atom is -0.493 e. The zero-order valence-electron chi connectivity index (χ0n) is 9.73. The van der Waals surface area contributed by atoms with E-state index in [4.69, 9.17) is 16.3 Å². The molecular formula is C13H15Br2ClO. The van der Waals surface area contributed by atoms with Crippen LogP contribution >= 0.6 is 43.5 Å². The van der Waals surface area contributed by atoms with Crippen molar-refractivity contribution in [2.45, 2.75) is 19.8 Å². The van der Waals surface area contributed by atoms with Crippen LogP contribution in [-0.2, 0) is 12.8 Å². The van der Waals surface area contributed by atoms with Gasteiger partial charge in [0.25, 0.3) is 0 Å². The lowest BCUT2D eigenvalue weighted by Gasteiger charge is -2.25. The van der Waals surface area contributed by atoms with Crippen LogP contribution in [0.3, 0.4) is 0 Å². The molecule has 0 aliphatic carbocycles. The summed E-state index contributed by atoms with van der Waals surface area (Å²) in [6.07, 6.45) is 1.94. The van der Waals surface area contributed by atoms with Crippen LogP contribution in [-0.4, -0.2) is 17.3 Å². The normalized spacial score (nSPS) is 14.6. The van der Waals surface area contributed by atoms with Gasteiger partial charge in [-0.1, -0.05) is 50.4 Å². The van der Waals surface area contributed by atoms with Gasteiger partial charge in [-0.15, -0.1) is 0 Å². The highest BCUT2D eigenvalue weighted by molar-refractivity contribution is 9.09. The molecule has 1 aliphatic rings. The average molecular weight is 383 g/mol. The molecule has 0 N–H and O–H groups in total. The summed E-state index contributed by atoms with van der Waals surface area (Å²) < 4.78 is 5.73. The molecule has 0 saturated heterocycles. The maximum atomic E-state index is 6.16. The zero-order valence-corrected chi connectivity index (χ0v) is 13.7. The summed E-state index contributed by atoms with van der Waals surface area (Å²) in [5.41, 5.74) is 2.66. The minimum atomic E-state index is 0.185. The summed E-state index contributed by atoms with van der Waals surface area (Å²) in [6.45, 7) is 3.03. The molecule has 0 atom stereocenters. The second kappa shape index (κ2) is 5.50. The fourth-order valence-electron chi connectivity index (χ4n) is 2.07. The number of halogens is 3. The molecule has 4 heteroatoms. The van der Waals surface area contributed by atoms with Gasteiger partial charge in [-0.05, 0) is 35.1 Å². The molecule has 0 amide bonds. The number of hydrogen-bond acceptors (Lipinski definition) is 1. The highest BCUT2D eigenvalue weighted by Gasteiger charge is 2.26. The summed E-state index contributed by atoms with van der Waals surface area (Å²) in [6, 6.07) is 4.06. The molecule has 1 nitrogen and oxygen atoms in total. The van der Waals surface area contributed by atoms with Gasteiger partial charge in [0, 0.05) is 22.1 Å². The average Bonchev–Trinajstić information content (AvgIpc) is 2.77. The molecule has 1 aliphatic heterocycles. The first kappa shape index (κ1) is 13.7. The van der Waals surface area contributed by atoms with E-state index in [9.17, 15) is 0 Å². The van der Waals surface area contributed by atoms with Crippen LogP contribution in [0.1, 0.15) is 18.1 Å². The van der Waals surface area contributed by atoms with Gasteiger partial charge in [-0.25, -0.2) is 0 Å². The molecular weight excluding hydrogens is 367 g/mol. The molecule has 1 aromatic rings. The zero-order chi connectivity index (χ0) is 12.5. The first-order chi connectivity index (χ1) is 8.08. The molecule has 1 aromatic carbocycles. The molecule has 0 aromatic heterocycles. The van der Waals surface area contributed by atoms with E-state index in [1.54, 1.807) is 0 Å². The smallest absolute Gasteiger partial charge is 0.125 e. The fraction of sp³-hybridized carbons (Fsp3) is 0.538. The maximum absolute atomic E-state index is 6.16. The standard InChI is InChI=1S/C13H15Br2ClO/c1-13(7-14,8-15)6-10-5-11(16)4-9-2-3-17-12(9)10/h4-5H,2-3,6-8H2,1H3. The van der Waals surface area contributed by atoms with E-state index in [1.165, 1.54) is 11.1 Å². The Hall–Kier alpha value is 0.270. The molecule has 0 saturated carbocycles. The van der Waals surface area contributed by atoms with Crippen LogP contribution in [0.4, 0.5) is 0 Å². The van der Waals surface area contributed by atoms with Crippen molar-refractivity contribution in [1.29, 1.82) is 0 Å². The highest BCUT2D eigenvalue weighted by Crippen LogP contribution is 2.37. The first-order valence-corrected chi connectivity index (χ1v) is 8.26. The third-order valence-corrected chi connectivity index (χ3v) is 6.01. The molecule has 94 valence electrons. The van der Waals surface area contributed by atoms with E-state index in [0.717, 1.165) is 40.9 Å². The van der Waals surface area contributed by atoms with Crippen LogP contribution in [0.25, 0.3) is 0 Å². The van der Waals surface area contributed by atoms with Crippen molar-refractivity contribution in [2.75, 3.05) is 17.3 Å². The molecule has 17 heavy (non-hydrogen) atoms. The summed E-state index contributed by atoms with van der Waals surface area (Å²) in [5, 5.41) is 2.72. The van der Waals surface area contributed by atoms with Gasteiger partial charge in [0.2, 0.25) is 0 Å². The van der Waals surface area contributed by atoms with Crippen LogP contribution in [0.15, 0.2) is 12.1 Å². The topological polar surface area (TPSA) is 9.23 Å². The predicted molar refractivity (Wildman–Crippen MR) is 80.1 cm³/mol. The lowest BCUT2D eigenvalue weighted by molar-refractivity contribution is 0.346. The number of fused-ring (bicyclic) bond motifs is 1. The second-order valence-electron chi connectivity index (χ2n) is 4.91. The third-order valence-electron chi connectivity index (χ3n) is 3.09. The van der Waals surface area contributed by atoms with Crippen molar-refractivity contribution in [2.24, 2.45) is 5.41 Å². The van der Waals surface area contributed by atoms with Crippen molar-refractivity contribution < 1.29 is 4.74 Å². The van der Waals surface area contributed by atoms with Gasteiger partial charge in [-0.3, -0.25) is 0 Å². The van der Waals surface area contributed by atoms with Gasteiger partial charge in [0.1, 0.15) is 5.75 Å². The molecule has 2 rings (SSSR count). The Morgan fingerprint density at radius 3 is 2.71 bits per heavy atom. The van der Waals surface area contributed by atoms with E-state index in [2.05, 4.69) is 38.8 Å². The van der Waals surface area contributed by atoms with E-state index < -0.39 is 0 Å². The molecule has 0 spiro atoms. The highest BCUT2D eigenvalue weighted by atomic mass is 79.9. The summed E-state index contributed by atoms with van der Waals surface area (Å²) >= 11 is 13.3. The Morgan fingerprint density at radius 2 is 2.06 bits per heavy atom. The Bertz CT molecular complexity index is 416. The first-order valence-electron chi connectivity index (χ1n) is 5.64. The van der Waals surface area contributed by atoms with Gasteiger partial charge in [0.15, 0.2) is 0 Å². The predicted octanol–water partition coefficient (Wildman–Crippen LogP) is 4.61. The molecule has 1 heterocycles. The number of hydrogen-bond donors (Lipinski definition) is 0. The SMILES string of the molecule is CC(CBr)(CBr)Cc1cc(Cl)cc2c1OCC2. The number of rotatable bonds is 4. The van der Waals surface area contributed by atoms with Crippen LogP contribution < -0.4 is 4.74 Å². The largest absolute Gasteiger partial charge is 0.493 e. The maximum Gasteiger partial charge on any atom is 0.125 e. The number of ether oxygens (including phenoxy) is 1. The third kappa shape index (κ3) is 2.99. The monoisotopic (exact) mass is 380 g/mol. The molecule has 0 radical (unpaired) electrons. The van der Waals surface area contributed by atoms with Gasteiger partial charge in [-0.2, -0.15) is 0 Å². The Balaban J connectivity index is 2.33. The van der Waals surface area contributed by atoms with Crippen LogP contribution in [0, 0.1) is 5.41 Å². The lowest BCUT2D eigenvalue weighted by Crippen LogP contribution is -2.23. The quantitative estimate of drug-likeness (QED) is 0.691. The van der Waals surface area contributed by atoms with E-state index in [1.807, 2.05) is 12.1 Å². The number of alkyl halides is 2. The van der Waals surface area contributed by atoms with Gasteiger partial charge in [0.05, 0.1) is 6.61 Å². The van der Waals surface area contributed by atoms with E-state index >= 15 is 0 Å². The van der Waals surface area contributed by atoms with E-state index in [-0.39, 0.29) is 5.41 Å². The fourth-order valence-corrected chi connectivity index (χ4v) is 3.66. The van der Waals surface area contributed by atoms with Crippen molar-refractivity contribution in [3.63, 3.8) is 0 Å². The van der Waals surface area contributed by atoms with Crippen LogP contribution in [0.5, 0.6) is 5.75 Å². The van der Waals surface area contributed by atoms with Crippen molar-refractivity contribution in [3.05, 3.63) is 28.3 Å². The Labute approximate surface area is 124 Å². The second-order valence-corrected chi connectivity index (χ2v) is 6.46. The molecule has 0 fully saturated rings. The summed E-state index contributed by atoms with van der Waals surface area (Å²) in [7, 11) is 0. The van der Waals surface area contributed by atoms with Gasteiger partial charge < -0.3 is 4.74 Å². The van der Waals surface area contributed by atoms with Crippen molar-refractivity contribution in [3.8, 4) is 5.75 Å². The Kier molecular flexibility index (Phi) is 4.43. The van der Waals surface area contributed by atoms with Crippen molar-refractivity contribution in [1.82, 2.24) is 0 Å². The van der Waals surface area contributed by atoms with E-state index in [0.29, 0.717) is 0 Å². The summed E-state index contributed by atoms with van der Waals surface area (Å²) in [4.78, 5) is 0. The molecule has 0 unspecified atom stereocenters. The minimum absolute atomic E-state index is 0.185. The Morgan fingerprint density at radius 1 is 1.35 bits per heavy atom. The van der Waals surface area contributed by atoms with Crippen LogP contribution in [0.2, 0.25) is 5.02 Å². The lowest BCUT2D eigenvalue weighted by atomic mass is 9.87. The molecule has 0 bridgehead atoms. The van der Waals surface area contributed by atoms with Gasteiger partial charge >= 0.3 is 0 Å². The van der Waals surface area contributed by atoms with Crippen molar-refractivity contribution >= 4 is 43.5 Å².